The zero-order valence-corrected chi connectivity index (χ0v) is 21.1. The van der Waals surface area contributed by atoms with Crippen LogP contribution in [0.15, 0.2) is 48.5 Å². The van der Waals surface area contributed by atoms with Crippen molar-refractivity contribution in [2.75, 3.05) is 36.5 Å². The van der Waals surface area contributed by atoms with E-state index >= 15 is 0 Å². The fraction of sp³-hybridized carbons (Fsp3) is 0.240. The van der Waals surface area contributed by atoms with E-state index in [1.54, 1.807) is 0 Å². The van der Waals surface area contributed by atoms with E-state index in [1.165, 1.54) is 24.3 Å². The molecule has 3 aromatic rings. The smallest absolute Gasteiger partial charge is 0.416 e. The largest absolute Gasteiger partial charge is 0.505 e. The van der Waals surface area contributed by atoms with Crippen molar-refractivity contribution in [2.45, 2.75) is 12.4 Å². The monoisotopic (exact) mass is 594 g/mol. The van der Waals surface area contributed by atoms with Crippen LogP contribution in [0.4, 0.5) is 37.7 Å². The van der Waals surface area contributed by atoms with Gasteiger partial charge in [0.2, 0.25) is 0 Å². The van der Waals surface area contributed by atoms with Gasteiger partial charge >= 0.3 is 12.4 Å². The molecule has 2 heterocycles. The number of nitrogens with one attached hydrogen (secondary N) is 1. The molecule has 5 rings (SSSR count). The minimum atomic E-state index is -4.55. The molecule has 0 aromatic heterocycles. The first-order chi connectivity index (χ1) is 18.3. The maximum Gasteiger partial charge on any atom is 0.416 e. The Hall–Kier alpha value is -3.51. The maximum atomic E-state index is 13.0. The lowest BCUT2D eigenvalue weighted by Crippen LogP contribution is -2.38. The fourth-order valence-corrected chi connectivity index (χ4v) is 4.25. The predicted molar refractivity (Wildman–Crippen MR) is 132 cm³/mol. The van der Waals surface area contributed by atoms with Gasteiger partial charge < -0.3 is 24.8 Å². The van der Waals surface area contributed by atoms with Crippen molar-refractivity contribution < 1.29 is 45.7 Å². The van der Waals surface area contributed by atoms with Crippen LogP contribution in [-0.2, 0) is 12.4 Å². The quantitative estimate of drug-likeness (QED) is 0.290. The molecular weight excluding hydrogens is 577 g/mol. The summed E-state index contributed by atoms with van der Waals surface area (Å²) >= 11 is 11.6. The Balaban J connectivity index is 0.000000212. The van der Waals surface area contributed by atoms with Crippen LogP contribution in [0.1, 0.15) is 21.5 Å². The number of rotatable bonds is 1. The van der Waals surface area contributed by atoms with Crippen molar-refractivity contribution >= 4 is 40.5 Å². The number of ether oxygens (including phenoxy) is 2. The molecule has 0 radical (unpaired) electrons. The first-order valence-electron chi connectivity index (χ1n) is 11.2. The number of alkyl halides is 6. The molecule has 0 unspecified atom stereocenters. The predicted octanol–water partition coefficient (Wildman–Crippen LogP) is 7.27. The average Bonchev–Trinajstić information content (AvgIpc) is 2.89. The van der Waals surface area contributed by atoms with E-state index in [9.17, 15) is 36.2 Å². The van der Waals surface area contributed by atoms with Gasteiger partial charge in [-0.05, 0) is 48.5 Å². The Labute approximate surface area is 227 Å². The Kier molecular flexibility index (Phi) is 7.99. The van der Waals surface area contributed by atoms with E-state index in [4.69, 9.17) is 32.7 Å². The fourth-order valence-electron chi connectivity index (χ4n) is 3.77. The number of anilines is 2. The van der Waals surface area contributed by atoms with Crippen LogP contribution in [0.2, 0.25) is 10.0 Å². The number of phenolic OH excluding ortho intramolecular Hbond substituents is 1. The van der Waals surface area contributed by atoms with Gasteiger partial charge in [-0.25, -0.2) is 0 Å². The van der Waals surface area contributed by atoms with Crippen LogP contribution < -0.4 is 19.7 Å². The number of amides is 1. The Morgan fingerprint density at radius 3 is 2.03 bits per heavy atom. The van der Waals surface area contributed by atoms with Crippen molar-refractivity contribution in [1.82, 2.24) is 0 Å². The molecule has 0 atom stereocenters. The summed E-state index contributed by atoms with van der Waals surface area (Å²) in [7, 11) is 0. The molecule has 39 heavy (non-hydrogen) atoms. The summed E-state index contributed by atoms with van der Waals surface area (Å²) in [6.07, 6.45) is -8.85. The summed E-state index contributed by atoms with van der Waals surface area (Å²) in [5, 5.41) is 12.2. The number of halogens is 8. The summed E-state index contributed by atoms with van der Waals surface area (Å²) < 4.78 is 86.2. The van der Waals surface area contributed by atoms with E-state index < -0.39 is 29.4 Å². The number of carbonyl (C=O) groups is 1. The molecular formula is C25H18Cl2F6N2O4. The number of phenols is 1. The number of carbonyl (C=O) groups excluding carboxylic acids is 1. The van der Waals surface area contributed by atoms with Gasteiger partial charge in [0.05, 0.1) is 39.1 Å². The summed E-state index contributed by atoms with van der Waals surface area (Å²) in [6.45, 7) is 1.21. The lowest BCUT2D eigenvalue weighted by molar-refractivity contribution is -0.138. The van der Waals surface area contributed by atoms with Crippen LogP contribution in [0.25, 0.3) is 0 Å². The number of benzene rings is 3. The first-order valence-corrected chi connectivity index (χ1v) is 11.9. The topological polar surface area (TPSA) is 71.0 Å². The minimum absolute atomic E-state index is 0.00592. The third-order valence-corrected chi connectivity index (χ3v) is 6.22. The summed E-state index contributed by atoms with van der Waals surface area (Å²) in [5.74, 6) is -0.331. The van der Waals surface area contributed by atoms with Crippen LogP contribution in [-0.4, -0.2) is 37.3 Å². The van der Waals surface area contributed by atoms with Gasteiger partial charge in [0.1, 0.15) is 24.7 Å². The number of fused-ring (bicyclic) bond motifs is 2. The molecule has 0 saturated heterocycles. The lowest BCUT2D eigenvalue weighted by atomic mass is 10.1. The minimum Gasteiger partial charge on any atom is -0.505 e. The normalized spacial score (nSPS) is 14.5. The van der Waals surface area contributed by atoms with E-state index in [0.29, 0.717) is 24.6 Å². The third kappa shape index (κ3) is 6.39. The molecule has 0 fully saturated rings. The second kappa shape index (κ2) is 10.9. The Bertz CT molecular complexity index is 1370. The third-order valence-electron chi connectivity index (χ3n) is 5.64. The maximum absolute atomic E-state index is 13.0. The zero-order chi connectivity index (χ0) is 28.5. The van der Waals surface area contributed by atoms with Gasteiger partial charge in [-0.2, -0.15) is 26.3 Å². The molecule has 6 nitrogen and oxygen atoms in total. The number of hydrogen-bond acceptors (Lipinski definition) is 5. The standard InChI is InChI=1S/C16H10Cl2F3NO3.C9H8F3NO/c17-10-5-8(6-11(18)14(10)23)15(24)22-3-4-25-13-2-1-9(7-12(13)22)16(19,20)21;10-9(11,12)6-1-2-8-7(5-6)13-3-4-14-8/h1-2,5-7,23H,3-4H2;1-2,5,13H,3-4H2. The van der Waals surface area contributed by atoms with Crippen LogP contribution in [0.3, 0.4) is 0 Å². The second-order valence-corrected chi connectivity index (χ2v) is 9.07. The van der Waals surface area contributed by atoms with Gasteiger partial charge in [-0.3, -0.25) is 4.79 Å². The molecule has 0 aliphatic carbocycles. The van der Waals surface area contributed by atoms with E-state index in [0.717, 1.165) is 29.2 Å². The van der Waals surface area contributed by atoms with E-state index in [1.807, 2.05) is 0 Å². The molecule has 2 aliphatic heterocycles. The molecule has 2 aliphatic rings. The highest BCUT2D eigenvalue weighted by atomic mass is 35.5. The van der Waals surface area contributed by atoms with Crippen LogP contribution >= 0.6 is 23.2 Å². The molecule has 0 spiro atoms. The molecule has 2 N–H and O–H groups in total. The highest BCUT2D eigenvalue weighted by Crippen LogP contribution is 2.40. The van der Waals surface area contributed by atoms with E-state index in [-0.39, 0.29) is 45.9 Å². The van der Waals surface area contributed by atoms with Gasteiger partial charge in [0.15, 0.2) is 5.75 Å². The zero-order valence-electron chi connectivity index (χ0n) is 19.6. The number of aromatic hydroxyl groups is 1. The molecule has 0 bridgehead atoms. The van der Waals surface area contributed by atoms with Crippen molar-refractivity contribution in [3.8, 4) is 17.2 Å². The summed E-state index contributed by atoms with van der Waals surface area (Å²) in [4.78, 5) is 13.9. The Morgan fingerprint density at radius 1 is 0.846 bits per heavy atom. The molecule has 14 heteroatoms. The van der Waals surface area contributed by atoms with Gasteiger partial charge in [0, 0.05) is 12.1 Å². The average molecular weight is 595 g/mol. The highest BCUT2D eigenvalue weighted by Gasteiger charge is 2.34. The van der Waals surface area contributed by atoms with Crippen LogP contribution in [0.5, 0.6) is 17.2 Å². The van der Waals surface area contributed by atoms with Crippen molar-refractivity contribution in [1.29, 1.82) is 0 Å². The first kappa shape index (κ1) is 28.5. The van der Waals surface area contributed by atoms with Gasteiger partial charge in [-0.1, -0.05) is 23.2 Å². The molecule has 0 saturated carbocycles. The van der Waals surface area contributed by atoms with E-state index in [2.05, 4.69) is 5.32 Å². The van der Waals surface area contributed by atoms with Crippen molar-refractivity contribution in [3.05, 3.63) is 75.3 Å². The molecule has 3 aromatic carbocycles. The Morgan fingerprint density at radius 2 is 1.41 bits per heavy atom. The molecule has 208 valence electrons. The highest BCUT2D eigenvalue weighted by molar-refractivity contribution is 6.37. The SMILES string of the molecule is FC(F)(F)c1ccc2c(c1)NCCO2.O=C(c1cc(Cl)c(O)c(Cl)c1)N1CCOc2ccc(C(F)(F)F)cc21. The summed E-state index contributed by atoms with van der Waals surface area (Å²) in [5.41, 5.74) is -1.10. The second-order valence-electron chi connectivity index (χ2n) is 8.26. The van der Waals surface area contributed by atoms with Gasteiger partial charge in [0.25, 0.3) is 5.91 Å². The van der Waals surface area contributed by atoms with Gasteiger partial charge in [-0.15, -0.1) is 0 Å². The lowest BCUT2D eigenvalue weighted by Gasteiger charge is -2.30. The van der Waals surface area contributed by atoms with Crippen LogP contribution in [0, 0.1) is 0 Å². The number of nitrogens with zero attached hydrogens (tertiary/aromatic N) is 1. The van der Waals surface area contributed by atoms with Crippen molar-refractivity contribution in [2.24, 2.45) is 0 Å². The number of hydrogen-bond donors (Lipinski definition) is 2. The van der Waals surface area contributed by atoms with Crippen molar-refractivity contribution in [3.63, 3.8) is 0 Å². The summed E-state index contributed by atoms with van der Waals surface area (Å²) in [6, 6.07) is 8.75. The molecule has 1 amide bonds.